The van der Waals surface area contributed by atoms with Gasteiger partial charge in [-0.05, 0) is 44.0 Å². The quantitative estimate of drug-likeness (QED) is 0.474. The van der Waals surface area contributed by atoms with E-state index in [-0.39, 0.29) is 16.6 Å². The number of benzene rings is 1. The molecule has 2 rings (SSSR count). The van der Waals surface area contributed by atoms with Gasteiger partial charge in [0.2, 0.25) is 0 Å². The summed E-state index contributed by atoms with van der Waals surface area (Å²) in [5, 5.41) is 4.08. The van der Waals surface area contributed by atoms with Crippen molar-refractivity contribution in [1.29, 1.82) is 0 Å². The van der Waals surface area contributed by atoms with E-state index in [1.807, 2.05) is 31.2 Å². The normalized spacial score (nSPS) is 14.8. The van der Waals surface area contributed by atoms with Crippen LogP contribution in [0.15, 0.2) is 29.4 Å². The molecule has 0 aromatic heterocycles. The third-order valence-electron chi connectivity index (χ3n) is 3.29. The molecule has 0 spiro atoms. The highest BCUT2D eigenvalue weighted by Crippen LogP contribution is 2.15. The van der Waals surface area contributed by atoms with E-state index in [0.29, 0.717) is 6.61 Å². The topological polar surface area (TPSA) is 80.0 Å². The second kappa shape index (κ2) is 7.74. The van der Waals surface area contributed by atoms with E-state index < -0.39 is 0 Å². The lowest BCUT2D eigenvalue weighted by Crippen LogP contribution is -2.40. The number of hydrogen-bond acceptors (Lipinski definition) is 5. The van der Waals surface area contributed by atoms with Crippen molar-refractivity contribution in [3.63, 3.8) is 0 Å². The number of hydrogen-bond donors (Lipinski definition) is 2. The fourth-order valence-electron chi connectivity index (χ4n) is 2.19. The predicted octanol–water partition coefficient (Wildman–Crippen LogP) is 1.76. The average Bonchev–Trinajstić information content (AvgIpc) is 3.03. The number of nitrogens with two attached hydrogens (primary N) is 1. The predicted molar refractivity (Wildman–Crippen MR) is 91.3 cm³/mol. The van der Waals surface area contributed by atoms with Gasteiger partial charge in [0, 0.05) is 13.1 Å². The number of hydrazone groups is 1. The lowest BCUT2D eigenvalue weighted by atomic mass is 10.3. The SMILES string of the molecule is CCOc1ccc(N/N=C(/C(=O)N2CCCC2)C(N)=S)cc1. The minimum absolute atomic E-state index is 0.00432. The molecule has 1 aliphatic heterocycles. The number of nitrogens with one attached hydrogen (secondary N) is 1. The van der Waals surface area contributed by atoms with Crippen LogP contribution in [-0.2, 0) is 4.79 Å². The zero-order valence-corrected chi connectivity index (χ0v) is 13.4. The minimum Gasteiger partial charge on any atom is -0.494 e. The molecule has 1 amide bonds. The number of rotatable bonds is 6. The monoisotopic (exact) mass is 320 g/mol. The molecule has 0 radical (unpaired) electrons. The van der Waals surface area contributed by atoms with Crippen molar-refractivity contribution in [2.45, 2.75) is 19.8 Å². The van der Waals surface area contributed by atoms with Crippen LogP contribution in [0.5, 0.6) is 5.75 Å². The molecule has 1 heterocycles. The molecule has 22 heavy (non-hydrogen) atoms. The highest BCUT2D eigenvalue weighted by molar-refractivity contribution is 7.82. The summed E-state index contributed by atoms with van der Waals surface area (Å²) in [6.45, 7) is 3.99. The molecule has 0 saturated carbocycles. The van der Waals surface area contributed by atoms with Crippen LogP contribution in [0, 0.1) is 0 Å². The van der Waals surface area contributed by atoms with Crippen LogP contribution in [0.3, 0.4) is 0 Å². The van der Waals surface area contributed by atoms with Crippen molar-refractivity contribution < 1.29 is 9.53 Å². The summed E-state index contributed by atoms with van der Waals surface area (Å²) < 4.78 is 5.37. The summed E-state index contributed by atoms with van der Waals surface area (Å²) in [7, 11) is 0. The van der Waals surface area contributed by atoms with Crippen LogP contribution in [0.1, 0.15) is 19.8 Å². The van der Waals surface area contributed by atoms with Gasteiger partial charge >= 0.3 is 0 Å². The molecule has 1 aliphatic rings. The first-order valence-electron chi connectivity index (χ1n) is 7.27. The highest BCUT2D eigenvalue weighted by Gasteiger charge is 2.24. The van der Waals surface area contributed by atoms with Crippen molar-refractivity contribution in [3.05, 3.63) is 24.3 Å². The number of nitrogens with zero attached hydrogens (tertiary/aromatic N) is 2. The van der Waals surface area contributed by atoms with Gasteiger partial charge in [0.15, 0.2) is 5.71 Å². The lowest BCUT2D eigenvalue weighted by molar-refractivity contribution is -0.122. The van der Waals surface area contributed by atoms with Gasteiger partial charge in [0.25, 0.3) is 5.91 Å². The van der Waals surface area contributed by atoms with Gasteiger partial charge in [-0.2, -0.15) is 5.10 Å². The lowest BCUT2D eigenvalue weighted by Gasteiger charge is -2.16. The van der Waals surface area contributed by atoms with Gasteiger partial charge in [0.05, 0.1) is 12.3 Å². The molecule has 0 aliphatic carbocycles. The van der Waals surface area contributed by atoms with Crippen LogP contribution in [-0.4, -0.2) is 41.2 Å². The first kappa shape index (κ1) is 16.2. The van der Waals surface area contributed by atoms with Crippen LogP contribution in [0.2, 0.25) is 0 Å². The average molecular weight is 320 g/mol. The first-order valence-corrected chi connectivity index (χ1v) is 7.68. The number of carbonyl (C=O) groups excluding carboxylic acids is 1. The number of anilines is 1. The molecule has 1 aromatic rings. The maximum absolute atomic E-state index is 12.3. The third kappa shape index (κ3) is 4.17. The maximum Gasteiger partial charge on any atom is 0.277 e. The highest BCUT2D eigenvalue weighted by atomic mass is 32.1. The number of amides is 1. The van der Waals surface area contributed by atoms with Crippen molar-refractivity contribution >= 4 is 34.5 Å². The van der Waals surface area contributed by atoms with E-state index in [1.165, 1.54) is 0 Å². The standard InChI is InChI=1S/C15H20N4O2S/c1-2-21-12-7-5-11(6-8-12)17-18-13(14(16)22)15(20)19-9-3-4-10-19/h5-8,17H,2-4,9-10H2,1H3,(H2,16,22)/b18-13+. The van der Waals surface area contributed by atoms with E-state index in [9.17, 15) is 4.79 Å². The molecular weight excluding hydrogens is 300 g/mol. The smallest absolute Gasteiger partial charge is 0.277 e. The molecule has 7 heteroatoms. The second-order valence-corrected chi connectivity index (χ2v) is 5.33. The zero-order chi connectivity index (χ0) is 15.9. The number of ether oxygens (including phenoxy) is 1. The number of likely N-dealkylation sites (tertiary alicyclic amines) is 1. The summed E-state index contributed by atoms with van der Waals surface area (Å²) in [6, 6.07) is 7.27. The van der Waals surface area contributed by atoms with Gasteiger partial charge in [0.1, 0.15) is 10.7 Å². The van der Waals surface area contributed by atoms with Gasteiger partial charge < -0.3 is 15.4 Å². The minimum atomic E-state index is -0.219. The maximum atomic E-state index is 12.3. The Balaban J connectivity index is 2.06. The van der Waals surface area contributed by atoms with Crippen LogP contribution >= 0.6 is 12.2 Å². The zero-order valence-electron chi connectivity index (χ0n) is 12.5. The van der Waals surface area contributed by atoms with E-state index in [0.717, 1.165) is 37.4 Å². The van der Waals surface area contributed by atoms with Crippen molar-refractivity contribution in [3.8, 4) is 5.75 Å². The van der Waals surface area contributed by atoms with Crippen LogP contribution in [0.4, 0.5) is 5.69 Å². The summed E-state index contributed by atoms with van der Waals surface area (Å²) in [5.41, 5.74) is 9.26. The van der Waals surface area contributed by atoms with Crippen molar-refractivity contribution in [2.24, 2.45) is 10.8 Å². The molecule has 1 fully saturated rings. The summed E-state index contributed by atoms with van der Waals surface area (Å²) in [6.07, 6.45) is 2.01. The third-order valence-corrected chi connectivity index (χ3v) is 3.48. The molecule has 3 N–H and O–H groups in total. The summed E-state index contributed by atoms with van der Waals surface area (Å²) in [5.74, 6) is 0.558. The summed E-state index contributed by atoms with van der Waals surface area (Å²) >= 11 is 4.94. The van der Waals surface area contributed by atoms with Gasteiger partial charge in [-0.15, -0.1) is 0 Å². The number of thiocarbonyl (C=S) groups is 1. The Morgan fingerprint density at radius 3 is 2.55 bits per heavy atom. The van der Waals surface area contributed by atoms with Crippen LogP contribution < -0.4 is 15.9 Å². The van der Waals surface area contributed by atoms with Gasteiger partial charge in [-0.1, -0.05) is 12.2 Å². The van der Waals surface area contributed by atoms with Crippen molar-refractivity contribution in [2.75, 3.05) is 25.1 Å². The van der Waals surface area contributed by atoms with E-state index in [4.69, 9.17) is 22.7 Å². The molecule has 6 nitrogen and oxygen atoms in total. The van der Waals surface area contributed by atoms with Gasteiger partial charge in [-0.25, -0.2) is 0 Å². The van der Waals surface area contributed by atoms with E-state index >= 15 is 0 Å². The number of carbonyl (C=O) groups is 1. The Morgan fingerprint density at radius 2 is 2.00 bits per heavy atom. The molecule has 0 bridgehead atoms. The van der Waals surface area contributed by atoms with E-state index in [2.05, 4.69) is 10.5 Å². The largest absolute Gasteiger partial charge is 0.494 e. The Labute approximate surface area is 135 Å². The van der Waals surface area contributed by atoms with Gasteiger partial charge in [-0.3, -0.25) is 10.2 Å². The molecule has 1 aromatic carbocycles. The Hall–Kier alpha value is -2.15. The molecular formula is C15H20N4O2S. The molecule has 118 valence electrons. The molecule has 0 atom stereocenters. The second-order valence-electron chi connectivity index (χ2n) is 4.89. The Kier molecular flexibility index (Phi) is 5.71. The summed E-state index contributed by atoms with van der Waals surface area (Å²) in [4.78, 5) is 14.0. The fraction of sp³-hybridized carbons (Fsp3) is 0.400. The van der Waals surface area contributed by atoms with Crippen molar-refractivity contribution in [1.82, 2.24) is 4.90 Å². The first-order chi connectivity index (χ1) is 10.6. The fourth-order valence-corrected chi connectivity index (χ4v) is 2.32. The van der Waals surface area contributed by atoms with E-state index in [1.54, 1.807) is 4.90 Å². The Bertz CT molecular complexity index is 565. The Morgan fingerprint density at radius 1 is 1.36 bits per heavy atom. The molecule has 0 unspecified atom stereocenters. The molecule has 1 saturated heterocycles. The van der Waals surface area contributed by atoms with Crippen LogP contribution in [0.25, 0.3) is 0 Å².